The highest BCUT2D eigenvalue weighted by Crippen LogP contribution is 2.20. The lowest BCUT2D eigenvalue weighted by Crippen LogP contribution is -2.46. The van der Waals surface area contributed by atoms with E-state index in [0.717, 1.165) is 39.0 Å². The molecule has 1 aromatic rings. The summed E-state index contributed by atoms with van der Waals surface area (Å²) in [6.45, 7) is 10.4. The minimum Gasteiger partial charge on any atom is -0.480 e. The fraction of sp³-hybridized carbons (Fsp3) is 0.611. The first kappa shape index (κ1) is 17.0. The maximum atomic E-state index is 10.9. The van der Waals surface area contributed by atoms with Gasteiger partial charge in [0.15, 0.2) is 0 Å². The number of nitrogens with zero attached hydrogens (tertiary/aromatic N) is 2. The molecule has 122 valence electrons. The maximum absolute atomic E-state index is 10.9. The Bertz CT molecular complexity index is 508. The summed E-state index contributed by atoms with van der Waals surface area (Å²) in [5.74, 6) is -0.723. The number of carbonyl (C=O) groups is 1. The van der Waals surface area contributed by atoms with Crippen LogP contribution in [-0.2, 0) is 11.3 Å². The molecule has 0 radical (unpaired) electrons. The van der Waals surface area contributed by atoms with E-state index in [0.29, 0.717) is 6.04 Å². The Morgan fingerprint density at radius 1 is 1.32 bits per heavy atom. The standard InChI is InChI=1S/C18H28N2O2/c1-4-20(13-18(21)22)17-7-9-19(10-8-17)12-16-11-14(2)5-6-15(16)3/h5-6,11,17H,4,7-10,12-13H2,1-3H3,(H,21,22). The monoisotopic (exact) mass is 304 g/mol. The number of piperidine rings is 1. The number of aliphatic carboxylic acids is 1. The van der Waals surface area contributed by atoms with E-state index < -0.39 is 5.97 Å². The molecule has 4 nitrogen and oxygen atoms in total. The van der Waals surface area contributed by atoms with Crippen molar-refractivity contribution in [2.24, 2.45) is 0 Å². The number of aryl methyl sites for hydroxylation is 2. The molecule has 0 amide bonds. The van der Waals surface area contributed by atoms with Crippen LogP contribution in [0.2, 0.25) is 0 Å². The summed E-state index contributed by atoms with van der Waals surface area (Å²) in [5, 5.41) is 9.00. The zero-order valence-electron chi connectivity index (χ0n) is 14.0. The molecule has 1 aromatic carbocycles. The Labute approximate surface area is 133 Å². The Morgan fingerprint density at radius 3 is 2.59 bits per heavy atom. The van der Waals surface area contributed by atoms with Crippen LogP contribution in [0.1, 0.15) is 36.5 Å². The predicted octanol–water partition coefficient (Wildman–Crippen LogP) is 2.67. The Hall–Kier alpha value is -1.39. The first-order chi connectivity index (χ1) is 10.5. The summed E-state index contributed by atoms with van der Waals surface area (Å²) in [6.07, 6.45) is 2.12. The van der Waals surface area contributed by atoms with Gasteiger partial charge in [0.2, 0.25) is 0 Å². The van der Waals surface area contributed by atoms with E-state index in [1.807, 2.05) is 6.92 Å². The number of rotatable bonds is 6. The minimum absolute atomic E-state index is 0.165. The van der Waals surface area contributed by atoms with Gasteiger partial charge in [-0.1, -0.05) is 30.7 Å². The summed E-state index contributed by atoms with van der Waals surface area (Å²) < 4.78 is 0. The molecule has 2 rings (SSSR count). The van der Waals surface area contributed by atoms with E-state index in [2.05, 4.69) is 41.8 Å². The second-order valence-electron chi connectivity index (χ2n) is 6.39. The van der Waals surface area contributed by atoms with E-state index >= 15 is 0 Å². The van der Waals surface area contributed by atoms with Gasteiger partial charge >= 0.3 is 5.97 Å². The summed E-state index contributed by atoms with van der Waals surface area (Å²) in [6, 6.07) is 7.06. The topological polar surface area (TPSA) is 43.8 Å². The Balaban J connectivity index is 1.89. The minimum atomic E-state index is -0.723. The van der Waals surface area contributed by atoms with Gasteiger partial charge in [0.1, 0.15) is 0 Å². The SMILES string of the molecule is CCN(CC(=O)O)C1CCN(Cc2cc(C)ccc2C)CC1. The molecule has 4 heteroatoms. The lowest BCUT2D eigenvalue weighted by Gasteiger charge is -2.37. The van der Waals surface area contributed by atoms with Gasteiger partial charge in [-0.15, -0.1) is 0 Å². The van der Waals surface area contributed by atoms with Gasteiger partial charge < -0.3 is 5.11 Å². The maximum Gasteiger partial charge on any atom is 0.317 e. The highest BCUT2D eigenvalue weighted by molar-refractivity contribution is 5.69. The number of likely N-dealkylation sites (N-methyl/N-ethyl adjacent to an activating group) is 1. The van der Waals surface area contributed by atoms with Crippen molar-refractivity contribution < 1.29 is 9.90 Å². The molecule has 0 bridgehead atoms. The molecule has 0 aliphatic carbocycles. The van der Waals surface area contributed by atoms with E-state index in [1.165, 1.54) is 16.7 Å². The first-order valence-corrected chi connectivity index (χ1v) is 8.24. The molecule has 0 atom stereocenters. The van der Waals surface area contributed by atoms with Crippen molar-refractivity contribution in [2.75, 3.05) is 26.2 Å². The van der Waals surface area contributed by atoms with Crippen LogP contribution in [0.4, 0.5) is 0 Å². The number of hydrogen-bond donors (Lipinski definition) is 1. The third-order valence-electron chi connectivity index (χ3n) is 4.72. The lowest BCUT2D eigenvalue weighted by atomic mass is 10.0. The van der Waals surface area contributed by atoms with E-state index in [4.69, 9.17) is 5.11 Å². The van der Waals surface area contributed by atoms with E-state index in [9.17, 15) is 4.79 Å². The molecule has 1 N–H and O–H groups in total. The number of likely N-dealkylation sites (tertiary alicyclic amines) is 1. The van der Waals surface area contributed by atoms with Crippen LogP contribution in [0.3, 0.4) is 0 Å². The predicted molar refractivity (Wildman–Crippen MR) is 89.1 cm³/mol. The van der Waals surface area contributed by atoms with Crippen LogP contribution >= 0.6 is 0 Å². The van der Waals surface area contributed by atoms with Crippen molar-refractivity contribution in [1.29, 1.82) is 0 Å². The van der Waals surface area contributed by atoms with Crippen LogP contribution in [0, 0.1) is 13.8 Å². The highest BCUT2D eigenvalue weighted by Gasteiger charge is 2.25. The van der Waals surface area contributed by atoms with Gasteiger partial charge in [0, 0.05) is 12.6 Å². The third kappa shape index (κ3) is 4.55. The van der Waals surface area contributed by atoms with Crippen molar-refractivity contribution in [1.82, 2.24) is 9.80 Å². The summed E-state index contributed by atoms with van der Waals surface area (Å²) in [4.78, 5) is 15.5. The van der Waals surface area contributed by atoms with Crippen molar-refractivity contribution in [2.45, 2.75) is 46.2 Å². The smallest absolute Gasteiger partial charge is 0.317 e. The van der Waals surface area contributed by atoms with Gasteiger partial charge in [0.25, 0.3) is 0 Å². The second kappa shape index (κ2) is 7.75. The molecule has 1 heterocycles. The van der Waals surface area contributed by atoms with Gasteiger partial charge in [-0.2, -0.15) is 0 Å². The van der Waals surface area contributed by atoms with Crippen molar-refractivity contribution in [3.63, 3.8) is 0 Å². The van der Waals surface area contributed by atoms with Gasteiger partial charge in [0.05, 0.1) is 6.54 Å². The molecular formula is C18H28N2O2. The lowest BCUT2D eigenvalue weighted by molar-refractivity contribution is -0.139. The van der Waals surface area contributed by atoms with E-state index in [-0.39, 0.29) is 6.54 Å². The van der Waals surface area contributed by atoms with Crippen LogP contribution in [0.15, 0.2) is 18.2 Å². The van der Waals surface area contributed by atoms with Crippen LogP contribution in [0.5, 0.6) is 0 Å². The normalized spacial score (nSPS) is 17.1. The number of hydrogen-bond acceptors (Lipinski definition) is 3. The molecule has 22 heavy (non-hydrogen) atoms. The summed E-state index contributed by atoms with van der Waals surface area (Å²) >= 11 is 0. The molecular weight excluding hydrogens is 276 g/mol. The van der Waals surface area contributed by atoms with Crippen LogP contribution in [0.25, 0.3) is 0 Å². The number of benzene rings is 1. The number of carboxylic acid groups (broad SMARTS) is 1. The van der Waals surface area contributed by atoms with Crippen molar-refractivity contribution in [3.8, 4) is 0 Å². The van der Waals surface area contributed by atoms with Crippen molar-refractivity contribution in [3.05, 3.63) is 34.9 Å². The average molecular weight is 304 g/mol. The molecule has 1 aliphatic heterocycles. The third-order valence-corrected chi connectivity index (χ3v) is 4.72. The van der Waals surface area contributed by atoms with Gasteiger partial charge in [-0.3, -0.25) is 14.6 Å². The quantitative estimate of drug-likeness (QED) is 0.877. The van der Waals surface area contributed by atoms with Crippen molar-refractivity contribution >= 4 is 5.97 Å². The zero-order valence-corrected chi connectivity index (χ0v) is 14.0. The van der Waals surface area contributed by atoms with Gasteiger partial charge in [-0.25, -0.2) is 0 Å². The average Bonchev–Trinajstić information content (AvgIpc) is 2.49. The highest BCUT2D eigenvalue weighted by atomic mass is 16.4. The summed E-state index contributed by atoms with van der Waals surface area (Å²) in [5.41, 5.74) is 4.08. The van der Waals surface area contributed by atoms with Crippen LogP contribution < -0.4 is 0 Å². The molecule has 0 unspecified atom stereocenters. The zero-order chi connectivity index (χ0) is 16.1. The van der Waals surface area contributed by atoms with Gasteiger partial charge in [-0.05, 0) is 57.5 Å². The van der Waals surface area contributed by atoms with Crippen LogP contribution in [-0.4, -0.2) is 53.1 Å². The largest absolute Gasteiger partial charge is 0.480 e. The molecule has 1 saturated heterocycles. The van der Waals surface area contributed by atoms with E-state index in [1.54, 1.807) is 0 Å². The molecule has 0 saturated carbocycles. The Kier molecular flexibility index (Phi) is 5.98. The fourth-order valence-corrected chi connectivity index (χ4v) is 3.33. The Morgan fingerprint density at radius 2 is 2.00 bits per heavy atom. The fourth-order valence-electron chi connectivity index (χ4n) is 3.33. The molecule has 1 fully saturated rings. The summed E-state index contributed by atoms with van der Waals surface area (Å²) in [7, 11) is 0. The molecule has 0 spiro atoms. The molecule has 1 aliphatic rings. The second-order valence-corrected chi connectivity index (χ2v) is 6.39. The molecule has 0 aromatic heterocycles. The first-order valence-electron chi connectivity index (χ1n) is 8.24. The number of carboxylic acids is 1.